The molecule has 1 rings (SSSR count). The van der Waals surface area contributed by atoms with Gasteiger partial charge in [-0.1, -0.05) is 12.2 Å². The number of aromatic carboxylic acids is 1. The van der Waals surface area contributed by atoms with Crippen molar-refractivity contribution in [3.05, 3.63) is 45.0 Å². The van der Waals surface area contributed by atoms with Gasteiger partial charge in [0.2, 0.25) is 0 Å². The Labute approximate surface area is 109 Å². The van der Waals surface area contributed by atoms with Crippen LogP contribution in [0.5, 0.6) is 0 Å². The van der Waals surface area contributed by atoms with Crippen molar-refractivity contribution >= 4 is 29.3 Å². The highest BCUT2D eigenvalue weighted by Gasteiger charge is 2.19. The Morgan fingerprint density at radius 3 is 2.72 bits per heavy atom. The van der Waals surface area contributed by atoms with E-state index >= 15 is 0 Å². The number of carbonyl (C=O) groups is 1. The lowest BCUT2D eigenvalue weighted by atomic mass is 10.0. The molecule has 0 aliphatic heterocycles. The van der Waals surface area contributed by atoms with E-state index in [9.17, 15) is 14.9 Å². The van der Waals surface area contributed by atoms with Crippen molar-refractivity contribution < 1.29 is 14.8 Å². The zero-order valence-corrected chi connectivity index (χ0v) is 10.5. The minimum absolute atomic E-state index is 0.0604. The van der Waals surface area contributed by atoms with E-state index in [2.05, 4.69) is 0 Å². The van der Waals surface area contributed by atoms with Crippen molar-refractivity contribution in [1.29, 1.82) is 0 Å². The van der Waals surface area contributed by atoms with Gasteiger partial charge in [0, 0.05) is 17.5 Å². The van der Waals surface area contributed by atoms with Gasteiger partial charge in [-0.2, -0.15) is 0 Å². The van der Waals surface area contributed by atoms with Crippen molar-refractivity contribution in [2.75, 3.05) is 5.88 Å². The van der Waals surface area contributed by atoms with Gasteiger partial charge >= 0.3 is 5.97 Å². The van der Waals surface area contributed by atoms with Crippen LogP contribution in [0.15, 0.2) is 18.2 Å². The zero-order valence-electron chi connectivity index (χ0n) is 9.72. The average Bonchev–Trinajstić information content (AvgIpc) is 2.30. The smallest absolute Gasteiger partial charge is 0.336 e. The van der Waals surface area contributed by atoms with Crippen LogP contribution in [0, 0.1) is 17.0 Å². The largest absolute Gasteiger partial charge is 0.478 e. The molecule has 6 heteroatoms. The summed E-state index contributed by atoms with van der Waals surface area (Å²) in [6.45, 7) is 1.42. The summed E-state index contributed by atoms with van der Waals surface area (Å²) in [6, 6.07) is 2.77. The van der Waals surface area contributed by atoms with E-state index in [1.807, 2.05) is 0 Å². The number of alkyl halides is 1. The fourth-order valence-electron chi connectivity index (χ4n) is 1.51. The quantitative estimate of drug-likeness (QED) is 0.505. The Morgan fingerprint density at radius 2 is 2.22 bits per heavy atom. The van der Waals surface area contributed by atoms with Crippen LogP contribution in [-0.2, 0) is 0 Å². The molecule has 0 radical (unpaired) electrons. The molecule has 96 valence electrons. The predicted octanol–water partition coefficient (Wildman–Crippen LogP) is 3.24. The van der Waals surface area contributed by atoms with Gasteiger partial charge in [0.25, 0.3) is 5.69 Å². The Kier molecular flexibility index (Phi) is 4.85. The van der Waals surface area contributed by atoms with E-state index in [4.69, 9.17) is 16.7 Å². The number of rotatable bonds is 5. The average molecular weight is 270 g/mol. The van der Waals surface area contributed by atoms with E-state index in [1.165, 1.54) is 19.1 Å². The molecule has 18 heavy (non-hydrogen) atoms. The van der Waals surface area contributed by atoms with E-state index in [0.29, 0.717) is 17.9 Å². The van der Waals surface area contributed by atoms with Crippen molar-refractivity contribution in [3.63, 3.8) is 0 Å². The second-order valence-electron chi connectivity index (χ2n) is 3.65. The second kappa shape index (κ2) is 6.16. The van der Waals surface area contributed by atoms with Crippen LogP contribution in [0.25, 0.3) is 6.08 Å². The SMILES string of the molecule is Cc1c(C(=O)O)cc(C=CCCCl)cc1[N+](=O)[O-]. The van der Waals surface area contributed by atoms with Crippen molar-refractivity contribution in [2.24, 2.45) is 0 Å². The molecule has 0 aromatic heterocycles. The molecule has 0 unspecified atom stereocenters. The fraction of sp³-hybridized carbons (Fsp3) is 0.250. The molecular formula is C12H12ClNO4. The number of nitro benzene ring substituents is 1. The number of nitrogens with zero attached hydrogens (tertiary/aromatic N) is 1. The van der Waals surface area contributed by atoms with Crippen LogP contribution in [0.2, 0.25) is 0 Å². The number of hydrogen-bond donors (Lipinski definition) is 1. The highest BCUT2D eigenvalue weighted by molar-refractivity contribution is 6.17. The van der Waals surface area contributed by atoms with Crippen LogP contribution in [0.3, 0.4) is 0 Å². The van der Waals surface area contributed by atoms with Crippen LogP contribution in [0.1, 0.15) is 27.9 Å². The first kappa shape index (κ1) is 14.2. The second-order valence-corrected chi connectivity index (χ2v) is 4.03. The Morgan fingerprint density at radius 1 is 1.56 bits per heavy atom. The standard InChI is InChI=1S/C12H12ClNO4/c1-8-10(12(15)16)6-9(4-2-3-5-13)7-11(8)14(17)18/h2,4,6-7H,3,5H2,1H3,(H,15,16). The summed E-state index contributed by atoms with van der Waals surface area (Å²) < 4.78 is 0. The maximum Gasteiger partial charge on any atom is 0.336 e. The molecular weight excluding hydrogens is 258 g/mol. The van der Waals surface area contributed by atoms with Gasteiger partial charge in [-0.25, -0.2) is 4.79 Å². The summed E-state index contributed by atoms with van der Waals surface area (Å²) in [4.78, 5) is 21.3. The number of benzene rings is 1. The van der Waals surface area contributed by atoms with Gasteiger partial charge in [-0.3, -0.25) is 10.1 Å². The molecule has 0 aliphatic carbocycles. The summed E-state index contributed by atoms with van der Waals surface area (Å²) >= 11 is 5.50. The van der Waals surface area contributed by atoms with Crippen LogP contribution in [-0.4, -0.2) is 21.9 Å². The third-order valence-corrected chi connectivity index (χ3v) is 2.63. The van der Waals surface area contributed by atoms with Gasteiger partial charge in [0.15, 0.2) is 0 Å². The summed E-state index contributed by atoms with van der Waals surface area (Å²) in [7, 11) is 0. The number of carboxylic acid groups (broad SMARTS) is 1. The molecule has 0 aliphatic rings. The maximum atomic E-state index is 11.0. The summed E-state index contributed by atoms with van der Waals surface area (Å²) in [5.74, 6) is -0.737. The van der Waals surface area contributed by atoms with Crippen molar-refractivity contribution in [1.82, 2.24) is 0 Å². The third kappa shape index (κ3) is 3.30. The normalized spacial score (nSPS) is 10.8. The number of allylic oxidation sites excluding steroid dienone is 1. The predicted molar refractivity (Wildman–Crippen MR) is 69.2 cm³/mol. The van der Waals surface area contributed by atoms with Gasteiger partial charge in [0.05, 0.1) is 10.5 Å². The number of halogens is 1. The molecule has 1 N–H and O–H groups in total. The highest BCUT2D eigenvalue weighted by atomic mass is 35.5. The Bertz CT molecular complexity index is 476. The van der Waals surface area contributed by atoms with E-state index < -0.39 is 10.9 Å². The van der Waals surface area contributed by atoms with Crippen molar-refractivity contribution in [2.45, 2.75) is 13.3 Å². The van der Waals surface area contributed by atoms with Crippen LogP contribution in [0.4, 0.5) is 5.69 Å². The summed E-state index contributed by atoms with van der Waals surface area (Å²) in [6.07, 6.45) is 3.99. The summed E-state index contributed by atoms with van der Waals surface area (Å²) in [5.41, 5.74) is 0.381. The molecule has 0 amide bonds. The lowest BCUT2D eigenvalue weighted by Gasteiger charge is -2.04. The molecule has 5 nitrogen and oxygen atoms in total. The summed E-state index contributed by atoms with van der Waals surface area (Å²) in [5, 5.41) is 19.8. The topological polar surface area (TPSA) is 80.4 Å². The van der Waals surface area contributed by atoms with E-state index in [-0.39, 0.29) is 16.8 Å². The minimum Gasteiger partial charge on any atom is -0.478 e. The molecule has 0 heterocycles. The van der Waals surface area contributed by atoms with Gasteiger partial charge in [-0.15, -0.1) is 11.6 Å². The maximum absolute atomic E-state index is 11.0. The number of carboxylic acids is 1. The molecule has 0 bridgehead atoms. The molecule has 0 fully saturated rings. The number of hydrogen-bond acceptors (Lipinski definition) is 3. The fourth-order valence-corrected chi connectivity index (χ4v) is 1.64. The van der Waals surface area contributed by atoms with Crippen molar-refractivity contribution in [3.8, 4) is 0 Å². The molecule has 0 saturated carbocycles. The third-order valence-electron chi connectivity index (χ3n) is 2.42. The van der Waals surface area contributed by atoms with Crippen LogP contribution < -0.4 is 0 Å². The number of nitro groups is 1. The molecule has 0 spiro atoms. The van der Waals surface area contributed by atoms with Gasteiger partial charge < -0.3 is 5.11 Å². The first-order valence-electron chi connectivity index (χ1n) is 5.22. The lowest BCUT2D eigenvalue weighted by molar-refractivity contribution is -0.385. The first-order chi connectivity index (χ1) is 8.47. The van der Waals surface area contributed by atoms with E-state index in [0.717, 1.165) is 0 Å². The lowest BCUT2D eigenvalue weighted by Crippen LogP contribution is -2.03. The van der Waals surface area contributed by atoms with E-state index in [1.54, 1.807) is 12.2 Å². The monoisotopic (exact) mass is 269 g/mol. The van der Waals surface area contributed by atoms with Gasteiger partial charge in [0.1, 0.15) is 0 Å². The highest BCUT2D eigenvalue weighted by Crippen LogP contribution is 2.24. The first-order valence-corrected chi connectivity index (χ1v) is 5.75. The molecule has 0 saturated heterocycles. The van der Waals surface area contributed by atoms with Gasteiger partial charge in [-0.05, 0) is 25.0 Å². The molecule has 0 atom stereocenters. The minimum atomic E-state index is -1.18. The molecule has 1 aromatic rings. The Hall–Kier alpha value is -1.88. The molecule has 1 aromatic carbocycles. The Balaban J connectivity index is 3.29. The van der Waals surface area contributed by atoms with Crippen LogP contribution >= 0.6 is 11.6 Å². The zero-order chi connectivity index (χ0) is 13.7.